The van der Waals surface area contributed by atoms with Gasteiger partial charge in [-0.15, -0.1) is 0 Å². The van der Waals surface area contributed by atoms with Crippen LogP contribution >= 0.6 is 0 Å². The summed E-state index contributed by atoms with van der Waals surface area (Å²) in [5, 5.41) is 11.3. The Morgan fingerprint density at radius 3 is 2.88 bits per heavy atom. The molecule has 0 radical (unpaired) electrons. The third kappa shape index (κ3) is 5.70. The van der Waals surface area contributed by atoms with E-state index in [-0.39, 0.29) is 24.7 Å². The Bertz CT molecular complexity index is 362. The van der Waals surface area contributed by atoms with Gasteiger partial charge in [0.1, 0.15) is 5.82 Å². The number of nitrogens with zero attached hydrogens (tertiary/aromatic N) is 1. The maximum absolute atomic E-state index is 11.4. The molecule has 17 heavy (non-hydrogen) atoms. The zero-order chi connectivity index (χ0) is 12.7. The first-order chi connectivity index (χ1) is 8.08. The van der Waals surface area contributed by atoms with Crippen LogP contribution in [0.5, 0.6) is 0 Å². The average Bonchev–Trinajstić information content (AvgIpc) is 2.68. The summed E-state index contributed by atoms with van der Waals surface area (Å²) in [6.07, 6.45) is 4.29. The van der Waals surface area contributed by atoms with E-state index in [4.69, 9.17) is 5.11 Å². The number of carboxylic acids is 1. The minimum absolute atomic E-state index is 0.0194. The highest BCUT2D eigenvalue weighted by Gasteiger charge is 2.12. The summed E-state index contributed by atoms with van der Waals surface area (Å²) < 4.78 is 0. The van der Waals surface area contributed by atoms with Crippen LogP contribution in [-0.2, 0) is 16.0 Å². The van der Waals surface area contributed by atoms with Gasteiger partial charge < -0.3 is 15.4 Å². The van der Waals surface area contributed by atoms with Crippen molar-refractivity contribution in [1.29, 1.82) is 0 Å². The number of carbonyl (C=O) groups excluding carboxylic acids is 1. The highest BCUT2D eigenvalue weighted by molar-refractivity contribution is 5.77. The molecule has 3 N–H and O–H groups in total. The van der Waals surface area contributed by atoms with E-state index in [1.165, 1.54) is 0 Å². The minimum atomic E-state index is -0.874. The topological polar surface area (TPSA) is 95.1 Å². The summed E-state index contributed by atoms with van der Waals surface area (Å²) in [5.74, 6) is -0.314. The van der Waals surface area contributed by atoms with E-state index >= 15 is 0 Å². The van der Waals surface area contributed by atoms with Crippen molar-refractivity contribution in [2.45, 2.75) is 26.2 Å². The highest BCUT2D eigenvalue weighted by atomic mass is 16.4. The number of carbonyl (C=O) groups is 2. The molecule has 0 spiro atoms. The number of amides is 1. The minimum Gasteiger partial charge on any atom is -0.481 e. The van der Waals surface area contributed by atoms with Gasteiger partial charge in [-0.1, -0.05) is 6.92 Å². The second-order valence-electron chi connectivity index (χ2n) is 4.04. The molecule has 0 aliphatic carbocycles. The van der Waals surface area contributed by atoms with Gasteiger partial charge in [0.15, 0.2) is 0 Å². The predicted molar refractivity (Wildman–Crippen MR) is 61.3 cm³/mol. The summed E-state index contributed by atoms with van der Waals surface area (Å²) in [7, 11) is 0. The molecule has 0 aliphatic rings. The van der Waals surface area contributed by atoms with Crippen molar-refractivity contribution >= 4 is 11.9 Å². The first-order valence-electron chi connectivity index (χ1n) is 5.54. The van der Waals surface area contributed by atoms with Crippen molar-refractivity contribution in [1.82, 2.24) is 15.3 Å². The fraction of sp³-hybridized carbons (Fsp3) is 0.545. The van der Waals surface area contributed by atoms with E-state index in [0.29, 0.717) is 13.0 Å². The standard InChI is InChI=1S/C11H17N3O3/c1-8(7-11(16)17)6-10(15)14-3-2-9-12-4-5-13-9/h4-5,8H,2-3,6-7H2,1H3,(H,12,13)(H,14,15)(H,16,17). The molecule has 0 aliphatic heterocycles. The molecule has 1 atom stereocenters. The molecule has 6 heteroatoms. The molecule has 1 amide bonds. The molecular formula is C11H17N3O3. The van der Waals surface area contributed by atoms with Gasteiger partial charge in [-0.05, 0) is 5.92 Å². The lowest BCUT2D eigenvalue weighted by molar-refractivity contribution is -0.138. The zero-order valence-corrected chi connectivity index (χ0v) is 9.77. The van der Waals surface area contributed by atoms with Crippen LogP contribution in [0.25, 0.3) is 0 Å². The number of imidazole rings is 1. The third-order valence-electron chi connectivity index (χ3n) is 2.30. The number of H-pyrrole nitrogens is 1. The number of hydrogen-bond acceptors (Lipinski definition) is 3. The maximum atomic E-state index is 11.4. The van der Waals surface area contributed by atoms with Crippen LogP contribution in [-0.4, -0.2) is 33.5 Å². The van der Waals surface area contributed by atoms with Crippen LogP contribution in [0.3, 0.4) is 0 Å². The zero-order valence-electron chi connectivity index (χ0n) is 9.77. The van der Waals surface area contributed by atoms with Crippen molar-refractivity contribution in [3.05, 3.63) is 18.2 Å². The van der Waals surface area contributed by atoms with Gasteiger partial charge in [0.2, 0.25) is 5.91 Å². The Morgan fingerprint density at radius 2 is 2.29 bits per heavy atom. The smallest absolute Gasteiger partial charge is 0.303 e. The molecule has 1 rings (SSSR count). The Kier molecular flexibility index (Phi) is 5.19. The van der Waals surface area contributed by atoms with Crippen LogP contribution in [0, 0.1) is 5.92 Å². The SMILES string of the molecule is CC(CC(=O)O)CC(=O)NCCc1ncc[nH]1. The van der Waals surface area contributed by atoms with E-state index in [1.54, 1.807) is 19.3 Å². The number of hydrogen-bond donors (Lipinski definition) is 3. The van der Waals surface area contributed by atoms with Gasteiger partial charge in [0.25, 0.3) is 0 Å². The van der Waals surface area contributed by atoms with E-state index < -0.39 is 5.97 Å². The summed E-state index contributed by atoms with van der Waals surface area (Å²) in [6.45, 7) is 2.26. The Morgan fingerprint density at radius 1 is 1.53 bits per heavy atom. The van der Waals surface area contributed by atoms with Crippen LogP contribution in [0.4, 0.5) is 0 Å². The van der Waals surface area contributed by atoms with Gasteiger partial charge in [-0.25, -0.2) is 4.98 Å². The molecule has 1 aromatic heterocycles. The van der Waals surface area contributed by atoms with Crippen LogP contribution < -0.4 is 5.32 Å². The second kappa shape index (κ2) is 6.67. The van der Waals surface area contributed by atoms with Crippen LogP contribution in [0.2, 0.25) is 0 Å². The molecule has 0 saturated heterocycles. The third-order valence-corrected chi connectivity index (χ3v) is 2.30. The quantitative estimate of drug-likeness (QED) is 0.648. The van der Waals surface area contributed by atoms with Crippen LogP contribution in [0.15, 0.2) is 12.4 Å². The van der Waals surface area contributed by atoms with E-state index in [2.05, 4.69) is 15.3 Å². The monoisotopic (exact) mass is 239 g/mol. The van der Waals surface area contributed by atoms with E-state index in [1.807, 2.05) is 0 Å². The maximum Gasteiger partial charge on any atom is 0.303 e. The van der Waals surface area contributed by atoms with Gasteiger partial charge in [0, 0.05) is 38.2 Å². The fourth-order valence-corrected chi connectivity index (χ4v) is 1.51. The van der Waals surface area contributed by atoms with E-state index in [9.17, 15) is 9.59 Å². The summed E-state index contributed by atoms with van der Waals surface area (Å²) in [4.78, 5) is 28.8. The number of aromatic nitrogens is 2. The lowest BCUT2D eigenvalue weighted by Crippen LogP contribution is -2.27. The summed E-state index contributed by atoms with van der Waals surface area (Å²) >= 11 is 0. The first kappa shape index (κ1) is 13.2. The van der Waals surface area contributed by atoms with Gasteiger partial charge in [0.05, 0.1) is 0 Å². The molecule has 6 nitrogen and oxygen atoms in total. The number of aliphatic carboxylic acids is 1. The molecule has 0 bridgehead atoms. The molecule has 1 unspecified atom stereocenters. The Labute approximate surface area is 99.4 Å². The van der Waals surface area contributed by atoms with E-state index in [0.717, 1.165) is 5.82 Å². The molecule has 0 saturated carbocycles. The normalized spacial score (nSPS) is 12.1. The molecular weight excluding hydrogens is 222 g/mol. The Balaban J connectivity index is 2.14. The number of carboxylic acid groups (broad SMARTS) is 1. The van der Waals surface area contributed by atoms with Crippen molar-refractivity contribution < 1.29 is 14.7 Å². The van der Waals surface area contributed by atoms with Crippen molar-refractivity contribution in [2.75, 3.05) is 6.54 Å². The van der Waals surface area contributed by atoms with Crippen LogP contribution in [0.1, 0.15) is 25.6 Å². The lowest BCUT2D eigenvalue weighted by Gasteiger charge is -2.08. The summed E-state index contributed by atoms with van der Waals surface area (Å²) in [5.41, 5.74) is 0. The average molecular weight is 239 g/mol. The molecule has 94 valence electrons. The molecule has 0 fully saturated rings. The highest BCUT2D eigenvalue weighted by Crippen LogP contribution is 2.06. The molecule has 1 aromatic rings. The molecule has 0 aromatic carbocycles. The first-order valence-corrected chi connectivity index (χ1v) is 5.54. The Hall–Kier alpha value is -1.85. The van der Waals surface area contributed by atoms with Gasteiger partial charge in [-0.3, -0.25) is 9.59 Å². The second-order valence-corrected chi connectivity index (χ2v) is 4.04. The van der Waals surface area contributed by atoms with Crippen molar-refractivity contribution in [3.8, 4) is 0 Å². The number of aromatic amines is 1. The lowest BCUT2D eigenvalue weighted by atomic mass is 10.0. The largest absolute Gasteiger partial charge is 0.481 e. The fourth-order valence-electron chi connectivity index (χ4n) is 1.51. The predicted octanol–water partition coefficient (Wildman–Crippen LogP) is 0.569. The van der Waals surface area contributed by atoms with Crippen molar-refractivity contribution in [3.63, 3.8) is 0 Å². The number of nitrogens with one attached hydrogen (secondary N) is 2. The van der Waals surface area contributed by atoms with Gasteiger partial charge >= 0.3 is 5.97 Å². The number of rotatable bonds is 7. The van der Waals surface area contributed by atoms with Crippen molar-refractivity contribution in [2.24, 2.45) is 5.92 Å². The summed E-state index contributed by atoms with van der Waals surface area (Å²) in [6, 6.07) is 0. The molecule has 1 heterocycles. The van der Waals surface area contributed by atoms with Gasteiger partial charge in [-0.2, -0.15) is 0 Å².